The van der Waals surface area contributed by atoms with Crippen molar-refractivity contribution in [1.82, 2.24) is 14.9 Å². The number of amides is 2. The standard InChI is InChI=1S/C21H27N7O2/c1-13-11-16(5-6-18(13)28-9-7-27(8-10-28)14(2)29)25-21-23-12-17(19(22)30)20(26-21)24-15-3-4-15/h5-6,11-12,15H,3-4,7-10H2,1-2H3,(H2,22,30)(H2,23,24,25,26). The number of hydrogen-bond acceptors (Lipinski definition) is 7. The fourth-order valence-electron chi connectivity index (χ4n) is 3.63. The Balaban J connectivity index is 1.47. The molecule has 2 aromatic rings. The van der Waals surface area contributed by atoms with E-state index < -0.39 is 5.91 Å². The molecular formula is C21H27N7O2. The second kappa shape index (κ2) is 8.17. The summed E-state index contributed by atoms with van der Waals surface area (Å²) >= 11 is 0. The molecule has 1 aromatic heterocycles. The van der Waals surface area contributed by atoms with Crippen LogP contribution in [-0.2, 0) is 4.79 Å². The molecule has 0 spiro atoms. The summed E-state index contributed by atoms with van der Waals surface area (Å²) < 4.78 is 0. The van der Waals surface area contributed by atoms with Gasteiger partial charge in [-0.1, -0.05) is 0 Å². The molecule has 1 saturated heterocycles. The van der Waals surface area contributed by atoms with Crippen molar-refractivity contribution >= 4 is 35.0 Å². The van der Waals surface area contributed by atoms with Crippen LogP contribution in [0.4, 0.5) is 23.1 Å². The van der Waals surface area contributed by atoms with Gasteiger partial charge in [-0.15, -0.1) is 0 Å². The van der Waals surface area contributed by atoms with Gasteiger partial charge in [-0.25, -0.2) is 4.98 Å². The number of anilines is 4. The topological polar surface area (TPSA) is 116 Å². The summed E-state index contributed by atoms with van der Waals surface area (Å²) in [6.07, 6.45) is 3.58. The third-order valence-corrected chi connectivity index (χ3v) is 5.49. The van der Waals surface area contributed by atoms with Crippen LogP contribution in [0.15, 0.2) is 24.4 Å². The van der Waals surface area contributed by atoms with E-state index in [1.807, 2.05) is 17.0 Å². The van der Waals surface area contributed by atoms with Crippen molar-refractivity contribution in [2.24, 2.45) is 5.73 Å². The van der Waals surface area contributed by atoms with Gasteiger partial charge in [0.05, 0.1) is 5.56 Å². The molecule has 0 atom stereocenters. The Labute approximate surface area is 175 Å². The lowest BCUT2D eigenvalue weighted by Crippen LogP contribution is -2.48. The van der Waals surface area contributed by atoms with Crippen LogP contribution < -0.4 is 21.3 Å². The SMILES string of the molecule is CC(=O)N1CCN(c2ccc(Nc3ncc(C(N)=O)c(NC4CC4)n3)cc2C)CC1. The maximum atomic E-state index is 11.6. The van der Waals surface area contributed by atoms with Crippen molar-refractivity contribution in [1.29, 1.82) is 0 Å². The first-order chi connectivity index (χ1) is 14.4. The van der Waals surface area contributed by atoms with E-state index in [1.165, 1.54) is 6.20 Å². The predicted molar refractivity (Wildman–Crippen MR) is 116 cm³/mol. The van der Waals surface area contributed by atoms with Crippen molar-refractivity contribution < 1.29 is 9.59 Å². The minimum atomic E-state index is -0.547. The summed E-state index contributed by atoms with van der Waals surface area (Å²) in [5.74, 6) is 0.461. The number of aromatic nitrogens is 2. The van der Waals surface area contributed by atoms with Gasteiger partial charge in [-0.2, -0.15) is 4.98 Å². The molecule has 2 heterocycles. The van der Waals surface area contributed by atoms with E-state index in [-0.39, 0.29) is 5.91 Å². The van der Waals surface area contributed by atoms with Crippen LogP contribution in [0, 0.1) is 6.92 Å². The van der Waals surface area contributed by atoms with E-state index in [0.717, 1.165) is 56.0 Å². The molecule has 0 radical (unpaired) electrons. The molecular weight excluding hydrogens is 382 g/mol. The predicted octanol–water partition coefficient (Wildman–Crippen LogP) is 1.87. The van der Waals surface area contributed by atoms with E-state index in [4.69, 9.17) is 5.73 Å². The van der Waals surface area contributed by atoms with E-state index in [2.05, 4.69) is 38.5 Å². The van der Waals surface area contributed by atoms with E-state index in [9.17, 15) is 9.59 Å². The number of primary amides is 1. The molecule has 0 unspecified atom stereocenters. The van der Waals surface area contributed by atoms with Crippen molar-refractivity contribution in [2.75, 3.05) is 41.7 Å². The zero-order valence-corrected chi connectivity index (χ0v) is 17.3. The number of nitrogens with zero attached hydrogens (tertiary/aromatic N) is 4. The number of nitrogens with one attached hydrogen (secondary N) is 2. The number of carbonyl (C=O) groups excluding carboxylic acids is 2. The maximum absolute atomic E-state index is 11.6. The minimum Gasteiger partial charge on any atom is -0.368 e. The summed E-state index contributed by atoms with van der Waals surface area (Å²) in [7, 11) is 0. The third kappa shape index (κ3) is 4.45. The second-order valence-electron chi connectivity index (χ2n) is 7.86. The monoisotopic (exact) mass is 409 g/mol. The molecule has 1 aromatic carbocycles. The smallest absolute Gasteiger partial charge is 0.254 e. The molecule has 158 valence electrons. The summed E-state index contributed by atoms with van der Waals surface area (Å²) in [5, 5.41) is 6.45. The highest BCUT2D eigenvalue weighted by Crippen LogP contribution is 2.28. The summed E-state index contributed by atoms with van der Waals surface area (Å²) in [5.41, 5.74) is 8.88. The molecule has 1 saturated carbocycles. The zero-order valence-electron chi connectivity index (χ0n) is 17.3. The Morgan fingerprint density at radius 2 is 1.90 bits per heavy atom. The number of benzene rings is 1. The lowest BCUT2D eigenvalue weighted by atomic mass is 10.1. The van der Waals surface area contributed by atoms with Gasteiger partial charge in [0.2, 0.25) is 11.9 Å². The fourth-order valence-corrected chi connectivity index (χ4v) is 3.63. The van der Waals surface area contributed by atoms with Crippen LogP contribution in [0.25, 0.3) is 0 Å². The van der Waals surface area contributed by atoms with Crippen molar-refractivity contribution in [3.8, 4) is 0 Å². The first-order valence-electron chi connectivity index (χ1n) is 10.2. The van der Waals surface area contributed by atoms with Crippen molar-refractivity contribution in [3.63, 3.8) is 0 Å². The maximum Gasteiger partial charge on any atom is 0.254 e. The van der Waals surface area contributed by atoms with Crippen LogP contribution in [0.3, 0.4) is 0 Å². The molecule has 2 amide bonds. The Bertz CT molecular complexity index is 966. The highest BCUT2D eigenvalue weighted by atomic mass is 16.2. The Morgan fingerprint density at radius 3 is 2.50 bits per heavy atom. The average Bonchev–Trinajstić information content (AvgIpc) is 3.52. The Hall–Kier alpha value is -3.36. The van der Waals surface area contributed by atoms with Gasteiger partial charge in [-0.05, 0) is 43.5 Å². The first-order valence-corrected chi connectivity index (χ1v) is 10.2. The molecule has 1 aliphatic carbocycles. The molecule has 2 fully saturated rings. The second-order valence-corrected chi connectivity index (χ2v) is 7.86. The molecule has 1 aliphatic heterocycles. The van der Waals surface area contributed by atoms with Crippen LogP contribution in [0.2, 0.25) is 0 Å². The number of nitrogens with two attached hydrogens (primary N) is 1. The molecule has 30 heavy (non-hydrogen) atoms. The Morgan fingerprint density at radius 1 is 1.17 bits per heavy atom. The zero-order chi connectivity index (χ0) is 21.3. The number of hydrogen-bond donors (Lipinski definition) is 3. The van der Waals surface area contributed by atoms with Gasteiger partial charge >= 0.3 is 0 Å². The molecule has 9 nitrogen and oxygen atoms in total. The van der Waals surface area contributed by atoms with E-state index in [0.29, 0.717) is 23.4 Å². The van der Waals surface area contributed by atoms with Crippen LogP contribution in [0.1, 0.15) is 35.7 Å². The normalized spacial score (nSPS) is 16.3. The largest absolute Gasteiger partial charge is 0.368 e. The molecule has 0 bridgehead atoms. The third-order valence-electron chi connectivity index (χ3n) is 5.49. The highest BCUT2D eigenvalue weighted by Gasteiger charge is 2.24. The van der Waals surface area contributed by atoms with Crippen molar-refractivity contribution in [2.45, 2.75) is 32.7 Å². The summed E-state index contributed by atoms with van der Waals surface area (Å²) in [6.45, 7) is 6.80. The minimum absolute atomic E-state index is 0.129. The van der Waals surface area contributed by atoms with Crippen LogP contribution >= 0.6 is 0 Å². The lowest BCUT2D eigenvalue weighted by molar-refractivity contribution is -0.129. The van der Waals surface area contributed by atoms with Crippen LogP contribution in [-0.4, -0.2) is 58.9 Å². The molecule has 4 N–H and O–H groups in total. The average molecular weight is 409 g/mol. The fraction of sp³-hybridized carbons (Fsp3) is 0.429. The lowest BCUT2D eigenvalue weighted by Gasteiger charge is -2.36. The van der Waals surface area contributed by atoms with Gasteiger partial charge in [0, 0.05) is 56.7 Å². The summed E-state index contributed by atoms with van der Waals surface area (Å²) in [4.78, 5) is 36.0. The van der Waals surface area contributed by atoms with E-state index >= 15 is 0 Å². The number of carbonyl (C=O) groups is 2. The van der Waals surface area contributed by atoms with Crippen molar-refractivity contribution in [3.05, 3.63) is 35.5 Å². The number of piperazine rings is 1. The molecule has 9 heteroatoms. The molecule has 2 aliphatic rings. The van der Waals surface area contributed by atoms with Gasteiger partial charge in [0.25, 0.3) is 5.91 Å². The van der Waals surface area contributed by atoms with Gasteiger partial charge in [0.15, 0.2) is 0 Å². The Kier molecular flexibility index (Phi) is 5.43. The summed E-state index contributed by atoms with van der Waals surface area (Å²) in [6, 6.07) is 6.45. The van der Waals surface area contributed by atoms with E-state index in [1.54, 1.807) is 6.92 Å². The van der Waals surface area contributed by atoms with Gasteiger partial charge < -0.3 is 26.2 Å². The number of aryl methyl sites for hydroxylation is 1. The quantitative estimate of drug-likeness (QED) is 0.667. The molecule has 4 rings (SSSR count). The van der Waals surface area contributed by atoms with Gasteiger partial charge in [0.1, 0.15) is 5.82 Å². The number of rotatable bonds is 6. The highest BCUT2D eigenvalue weighted by molar-refractivity contribution is 5.97. The van der Waals surface area contributed by atoms with Gasteiger partial charge in [-0.3, -0.25) is 9.59 Å². The van der Waals surface area contributed by atoms with Crippen LogP contribution in [0.5, 0.6) is 0 Å². The first kappa shape index (κ1) is 19.9.